The SMILES string of the molecule is C=Cc1ccc2ccccc2c1CNC(=O)c1c(OC)cc(O)c2c1OC1=CC(=O)C(C(C)=O)C(=O)[C@]12C. The Kier molecular flexibility index (Phi) is 5.90. The van der Waals surface area contributed by atoms with Crippen LogP contribution in [0.1, 0.15) is 40.9 Å². The van der Waals surface area contributed by atoms with Gasteiger partial charge in [-0.3, -0.25) is 19.2 Å². The van der Waals surface area contributed by atoms with E-state index in [0.29, 0.717) is 0 Å². The molecule has 2 aliphatic rings. The summed E-state index contributed by atoms with van der Waals surface area (Å²) in [6.07, 6.45) is 2.80. The van der Waals surface area contributed by atoms with E-state index in [4.69, 9.17) is 9.47 Å². The average Bonchev–Trinajstić information content (AvgIpc) is 3.20. The van der Waals surface area contributed by atoms with Crippen molar-refractivity contribution in [2.45, 2.75) is 25.8 Å². The third-order valence-electron chi connectivity index (χ3n) is 7.32. The number of allylic oxidation sites excluding steroid dienone is 2. The van der Waals surface area contributed by atoms with E-state index in [0.717, 1.165) is 34.9 Å². The van der Waals surface area contributed by atoms with Gasteiger partial charge < -0.3 is 19.9 Å². The normalized spacial score (nSPS) is 19.8. The lowest BCUT2D eigenvalue weighted by molar-refractivity contribution is -0.140. The number of aromatic hydroxyl groups is 1. The summed E-state index contributed by atoms with van der Waals surface area (Å²) >= 11 is 0. The van der Waals surface area contributed by atoms with Crippen molar-refractivity contribution in [2.24, 2.45) is 5.92 Å². The van der Waals surface area contributed by atoms with Crippen molar-refractivity contribution in [1.82, 2.24) is 5.32 Å². The molecule has 0 bridgehead atoms. The Balaban J connectivity index is 1.60. The summed E-state index contributed by atoms with van der Waals surface area (Å²) in [6.45, 7) is 6.65. The summed E-state index contributed by atoms with van der Waals surface area (Å²) < 4.78 is 11.3. The number of nitrogens with one attached hydrogen (secondary N) is 1. The third kappa shape index (κ3) is 3.52. The molecule has 1 aliphatic heterocycles. The Hall–Kier alpha value is -4.72. The van der Waals surface area contributed by atoms with Gasteiger partial charge >= 0.3 is 0 Å². The number of ketones is 3. The zero-order chi connectivity index (χ0) is 27.4. The number of phenols is 1. The fourth-order valence-corrected chi connectivity index (χ4v) is 5.35. The largest absolute Gasteiger partial charge is 0.507 e. The van der Waals surface area contributed by atoms with Gasteiger partial charge in [-0.15, -0.1) is 0 Å². The van der Waals surface area contributed by atoms with E-state index in [1.165, 1.54) is 20.1 Å². The second-order valence-electron chi connectivity index (χ2n) is 9.46. The Labute approximate surface area is 218 Å². The number of methoxy groups -OCH3 is 1. The standard InChI is InChI=1S/C30H25NO7/c1-5-16-10-11-17-8-6-7-9-18(17)19(16)14-31-29(36)25-22(37-4)12-21(34)26-27(25)38-23-13-20(33)24(15(2)32)28(35)30(23,26)3/h5-13,24,34H,1,14H2,2-4H3,(H,31,36)/t24?,30-/m1/s1. The molecule has 192 valence electrons. The number of amides is 1. The van der Waals surface area contributed by atoms with Gasteiger partial charge in [0.05, 0.1) is 12.7 Å². The van der Waals surface area contributed by atoms with Crippen molar-refractivity contribution >= 4 is 40.1 Å². The highest BCUT2D eigenvalue weighted by Crippen LogP contribution is 2.56. The molecule has 2 atom stereocenters. The van der Waals surface area contributed by atoms with Crippen LogP contribution in [0.2, 0.25) is 0 Å². The van der Waals surface area contributed by atoms with E-state index in [1.807, 2.05) is 36.4 Å². The molecule has 0 saturated heterocycles. The van der Waals surface area contributed by atoms with Gasteiger partial charge in [-0.1, -0.05) is 49.1 Å². The fourth-order valence-electron chi connectivity index (χ4n) is 5.35. The highest BCUT2D eigenvalue weighted by molar-refractivity contribution is 6.27. The maximum absolute atomic E-state index is 13.6. The molecule has 1 heterocycles. The van der Waals surface area contributed by atoms with E-state index >= 15 is 0 Å². The van der Waals surface area contributed by atoms with Crippen LogP contribution in [0.3, 0.4) is 0 Å². The smallest absolute Gasteiger partial charge is 0.259 e. The third-order valence-corrected chi connectivity index (χ3v) is 7.32. The molecule has 38 heavy (non-hydrogen) atoms. The Bertz CT molecular complexity index is 1620. The molecule has 3 aromatic carbocycles. The molecule has 1 aliphatic carbocycles. The lowest BCUT2D eigenvalue weighted by atomic mass is 9.67. The van der Waals surface area contributed by atoms with Gasteiger partial charge in [-0.2, -0.15) is 0 Å². The molecule has 8 nitrogen and oxygen atoms in total. The molecule has 1 unspecified atom stereocenters. The topological polar surface area (TPSA) is 119 Å². The molecule has 2 N–H and O–H groups in total. The van der Waals surface area contributed by atoms with E-state index in [1.54, 1.807) is 6.08 Å². The van der Waals surface area contributed by atoms with Crippen molar-refractivity contribution in [1.29, 1.82) is 0 Å². The second kappa shape index (κ2) is 8.99. The Morgan fingerprint density at radius 3 is 2.63 bits per heavy atom. The van der Waals surface area contributed by atoms with Crippen LogP contribution in [-0.4, -0.2) is 35.5 Å². The number of hydrogen-bond acceptors (Lipinski definition) is 7. The lowest BCUT2D eigenvalue weighted by Gasteiger charge is -2.30. The van der Waals surface area contributed by atoms with Crippen LogP contribution in [0.15, 0.2) is 60.9 Å². The zero-order valence-electron chi connectivity index (χ0n) is 21.1. The first-order valence-electron chi connectivity index (χ1n) is 12.0. The van der Waals surface area contributed by atoms with Gasteiger partial charge in [0.25, 0.3) is 5.91 Å². The number of ether oxygens (including phenoxy) is 2. The van der Waals surface area contributed by atoms with Crippen molar-refractivity contribution in [2.75, 3.05) is 7.11 Å². The van der Waals surface area contributed by atoms with Crippen LogP contribution < -0.4 is 14.8 Å². The molecular weight excluding hydrogens is 486 g/mol. The maximum Gasteiger partial charge on any atom is 0.259 e. The molecule has 5 rings (SSSR count). The minimum Gasteiger partial charge on any atom is -0.507 e. The number of benzene rings is 3. The van der Waals surface area contributed by atoms with Crippen molar-refractivity contribution < 1.29 is 33.8 Å². The van der Waals surface area contributed by atoms with E-state index in [2.05, 4.69) is 11.9 Å². The number of hydrogen-bond donors (Lipinski definition) is 2. The minimum absolute atomic E-state index is 0.00962. The fraction of sp³-hybridized carbons (Fsp3) is 0.200. The van der Waals surface area contributed by atoms with Gasteiger partial charge in [-0.25, -0.2) is 0 Å². The number of rotatable bonds is 6. The summed E-state index contributed by atoms with van der Waals surface area (Å²) in [5.74, 6) is -4.60. The molecule has 0 spiro atoms. The quantitative estimate of drug-likeness (QED) is 0.480. The highest BCUT2D eigenvalue weighted by Gasteiger charge is 2.58. The summed E-state index contributed by atoms with van der Waals surface area (Å²) in [5.41, 5.74) is 0.0463. The number of phenolic OH excluding ortho intramolecular Hbond substituents is 1. The number of Topliss-reactive ketones (excluding diaryl/α,β-unsaturated/α-hetero) is 2. The van der Waals surface area contributed by atoms with Crippen LogP contribution in [0, 0.1) is 5.92 Å². The summed E-state index contributed by atoms with van der Waals surface area (Å²) in [5, 5.41) is 15.7. The molecule has 0 radical (unpaired) electrons. The molecule has 0 fully saturated rings. The molecule has 8 heteroatoms. The van der Waals surface area contributed by atoms with Crippen LogP contribution in [0.25, 0.3) is 16.8 Å². The molecular formula is C30H25NO7. The summed E-state index contributed by atoms with van der Waals surface area (Å²) in [7, 11) is 1.34. The molecule has 1 amide bonds. The highest BCUT2D eigenvalue weighted by atomic mass is 16.5. The molecule has 3 aromatic rings. The first kappa shape index (κ1) is 25.0. The number of fused-ring (bicyclic) bond motifs is 4. The van der Waals surface area contributed by atoms with Crippen LogP contribution in [0.5, 0.6) is 17.2 Å². The summed E-state index contributed by atoms with van der Waals surface area (Å²) in [6, 6.07) is 12.9. The number of carbonyl (C=O) groups is 4. The first-order valence-corrected chi connectivity index (χ1v) is 12.0. The van der Waals surface area contributed by atoms with E-state index in [-0.39, 0.29) is 40.7 Å². The first-order chi connectivity index (χ1) is 18.1. The van der Waals surface area contributed by atoms with Crippen LogP contribution in [-0.2, 0) is 26.3 Å². The molecule has 0 aromatic heterocycles. The Morgan fingerprint density at radius 1 is 1.21 bits per heavy atom. The van der Waals surface area contributed by atoms with E-state index < -0.39 is 34.6 Å². The predicted octanol–water partition coefficient (Wildman–Crippen LogP) is 4.02. The van der Waals surface area contributed by atoms with Gasteiger partial charge in [0.2, 0.25) is 0 Å². The van der Waals surface area contributed by atoms with Gasteiger partial charge in [-0.05, 0) is 35.7 Å². The second-order valence-corrected chi connectivity index (χ2v) is 9.46. The van der Waals surface area contributed by atoms with Gasteiger partial charge in [0.15, 0.2) is 17.3 Å². The van der Waals surface area contributed by atoms with Crippen molar-refractivity contribution in [3.63, 3.8) is 0 Å². The number of carbonyl (C=O) groups excluding carboxylic acids is 4. The van der Waals surface area contributed by atoms with Gasteiger partial charge in [0.1, 0.15) is 39.9 Å². The Morgan fingerprint density at radius 2 is 1.95 bits per heavy atom. The van der Waals surface area contributed by atoms with Gasteiger partial charge in [0, 0.05) is 18.7 Å². The van der Waals surface area contributed by atoms with E-state index in [9.17, 15) is 24.3 Å². The predicted molar refractivity (Wildman–Crippen MR) is 140 cm³/mol. The van der Waals surface area contributed by atoms with Crippen molar-refractivity contribution in [3.8, 4) is 17.2 Å². The average molecular weight is 512 g/mol. The zero-order valence-corrected chi connectivity index (χ0v) is 21.1. The minimum atomic E-state index is -1.63. The molecule has 0 saturated carbocycles. The summed E-state index contributed by atoms with van der Waals surface area (Å²) in [4.78, 5) is 51.7. The monoisotopic (exact) mass is 511 g/mol. The maximum atomic E-state index is 13.6. The van der Waals surface area contributed by atoms with Crippen molar-refractivity contribution in [3.05, 3.63) is 83.1 Å². The van der Waals surface area contributed by atoms with Crippen LogP contribution in [0.4, 0.5) is 0 Å². The lowest BCUT2D eigenvalue weighted by Crippen LogP contribution is -2.47. The van der Waals surface area contributed by atoms with Crippen LogP contribution >= 0.6 is 0 Å².